The van der Waals surface area contributed by atoms with Crippen molar-refractivity contribution in [2.24, 2.45) is 0 Å². The molecule has 0 aromatic heterocycles. The molecule has 0 saturated carbocycles. The van der Waals surface area contributed by atoms with E-state index in [4.69, 9.17) is 9.84 Å². The second-order valence-electron chi connectivity index (χ2n) is 4.72. The Labute approximate surface area is 125 Å². The largest absolute Gasteiger partial charge is 0.481 e. The first kappa shape index (κ1) is 15.0. The molecule has 2 atom stereocenters. The minimum Gasteiger partial charge on any atom is -0.481 e. The van der Waals surface area contributed by atoms with Gasteiger partial charge in [0.15, 0.2) is 0 Å². The molecule has 6 heteroatoms. The van der Waals surface area contributed by atoms with Gasteiger partial charge < -0.3 is 15.2 Å². The summed E-state index contributed by atoms with van der Waals surface area (Å²) in [6, 6.07) is 6.72. The molecule has 20 heavy (non-hydrogen) atoms. The number of amides is 1. The van der Waals surface area contributed by atoms with Crippen molar-refractivity contribution in [1.29, 1.82) is 0 Å². The third-order valence-electron chi connectivity index (χ3n) is 3.17. The van der Waals surface area contributed by atoms with Crippen LogP contribution in [-0.2, 0) is 14.3 Å². The first-order valence-electron chi connectivity index (χ1n) is 6.45. The summed E-state index contributed by atoms with van der Waals surface area (Å²) in [4.78, 5) is 23.0. The lowest BCUT2D eigenvalue weighted by Crippen LogP contribution is -2.37. The van der Waals surface area contributed by atoms with Gasteiger partial charge in [-0.1, -0.05) is 28.1 Å². The molecule has 1 aromatic carbocycles. The van der Waals surface area contributed by atoms with E-state index in [2.05, 4.69) is 21.2 Å². The molecule has 0 radical (unpaired) electrons. The molecule has 0 aliphatic carbocycles. The van der Waals surface area contributed by atoms with E-state index >= 15 is 0 Å². The average Bonchev–Trinajstić information content (AvgIpc) is 2.91. The van der Waals surface area contributed by atoms with Crippen molar-refractivity contribution < 1.29 is 19.4 Å². The van der Waals surface area contributed by atoms with E-state index in [-0.39, 0.29) is 12.3 Å². The van der Waals surface area contributed by atoms with Crippen molar-refractivity contribution in [3.8, 4) is 0 Å². The van der Waals surface area contributed by atoms with Crippen LogP contribution in [0.2, 0.25) is 0 Å². The molecule has 2 rings (SSSR count). The quantitative estimate of drug-likeness (QED) is 0.861. The Kier molecular flexibility index (Phi) is 5.14. The Bertz CT molecular complexity index is 500. The van der Waals surface area contributed by atoms with E-state index in [9.17, 15) is 9.59 Å². The first-order valence-corrected chi connectivity index (χ1v) is 7.25. The summed E-state index contributed by atoms with van der Waals surface area (Å²) in [6.45, 7) is 0.582. The van der Waals surface area contributed by atoms with Crippen LogP contribution in [0.5, 0.6) is 0 Å². The molecule has 1 fully saturated rings. The molecule has 2 N–H and O–H groups in total. The zero-order valence-corrected chi connectivity index (χ0v) is 12.4. The highest BCUT2D eigenvalue weighted by molar-refractivity contribution is 9.10. The highest BCUT2D eigenvalue weighted by atomic mass is 79.9. The molecule has 1 heterocycles. The lowest BCUT2D eigenvalue weighted by molar-refractivity contribution is -0.138. The minimum absolute atomic E-state index is 0.158. The van der Waals surface area contributed by atoms with Gasteiger partial charge in [0, 0.05) is 11.1 Å². The van der Waals surface area contributed by atoms with Gasteiger partial charge in [0.25, 0.3) is 0 Å². The Morgan fingerprint density at radius 3 is 2.90 bits per heavy atom. The molecular weight excluding hydrogens is 326 g/mol. The SMILES string of the molecule is O=C(O)CC(NC(=O)C1CCCO1)c1cccc(Br)c1. The topological polar surface area (TPSA) is 75.6 Å². The predicted molar refractivity (Wildman–Crippen MR) is 76.3 cm³/mol. The van der Waals surface area contributed by atoms with Crippen molar-refractivity contribution in [3.05, 3.63) is 34.3 Å². The minimum atomic E-state index is -0.956. The molecule has 1 saturated heterocycles. The van der Waals surface area contributed by atoms with E-state index in [1.807, 2.05) is 18.2 Å². The number of hydrogen-bond acceptors (Lipinski definition) is 3. The van der Waals surface area contributed by atoms with E-state index in [1.54, 1.807) is 6.07 Å². The standard InChI is InChI=1S/C14H16BrNO4/c15-10-4-1-3-9(7-10)11(8-13(17)18)16-14(19)12-5-2-6-20-12/h1,3-4,7,11-12H,2,5-6,8H2,(H,16,19)(H,17,18). The molecule has 1 aromatic rings. The number of carbonyl (C=O) groups is 2. The fourth-order valence-electron chi connectivity index (χ4n) is 2.20. The summed E-state index contributed by atoms with van der Waals surface area (Å²) in [7, 11) is 0. The maximum absolute atomic E-state index is 12.1. The number of carboxylic acids is 1. The number of nitrogens with one attached hydrogen (secondary N) is 1. The van der Waals surface area contributed by atoms with Crippen molar-refractivity contribution >= 4 is 27.8 Å². The molecular formula is C14H16BrNO4. The van der Waals surface area contributed by atoms with E-state index in [0.29, 0.717) is 13.0 Å². The highest BCUT2D eigenvalue weighted by Crippen LogP contribution is 2.22. The van der Waals surface area contributed by atoms with Gasteiger partial charge in [0.2, 0.25) is 5.91 Å². The van der Waals surface area contributed by atoms with Gasteiger partial charge in [-0.25, -0.2) is 0 Å². The van der Waals surface area contributed by atoms with Crippen LogP contribution in [0.1, 0.15) is 30.9 Å². The zero-order chi connectivity index (χ0) is 14.5. The molecule has 5 nitrogen and oxygen atoms in total. The fraction of sp³-hybridized carbons (Fsp3) is 0.429. The van der Waals surface area contributed by atoms with Crippen molar-refractivity contribution in [3.63, 3.8) is 0 Å². The second-order valence-corrected chi connectivity index (χ2v) is 5.63. The number of rotatable bonds is 5. The maximum atomic E-state index is 12.1. The van der Waals surface area contributed by atoms with Crippen molar-refractivity contribution in [2.75, 3.05) is 6.61 Å². The van der Waals surface area contributed by atoms with Gasteiger partial charge in [-0.3, -0.25) is 9.59 Å². The lowest BCUT2D eigenvalue weighted by Gasteiger charge is -2.20. The summed E-state index contributed by atoms with van der Waals surface area (Å²) in [5.74, 6) is -1.20. The van der Waals surface area contributed by atoms with Gasteiger partial charge in [-0.15, -0.1) is 0 Å². The first-order chi connectivity index (χ1) is 9.56. The normalized spacial score (nSPS) is 19.6. The van der Waals surface area contributed by atoms with Crippen LogP contribution in [0, 0.1) is 0 Å². The number of hydrogen-bond donors (Lipinski definition) is 2. The van der Waals surface area contributed by atoms with Crippen LogP contribution in [0.3, 0.4) is 0 Å². The highest BCUT2D eigenvalue weighted by Gasteiger charge is 2.27. The molecule has 1 aliphatic rings. The van der Waals surface area contributed by atoms with Crippen LogP contribution in [0.25, 0.3) is 0 Å². The van der Waals surface area contributed by atoms with Crippen LogP contribution < -0.4 is 5.32 Å². The predicted octanol–water partition coefficient (Wildman–Crippen LogP) is 2.26. The van der Waals surface area contributed by atoms with E-state index < -0.39 is 18.1 Å². The molecule has 0 bridgehead atoms. The summed E-state index contributed by atoms with van der Waals surface area (Å²) in [6.07, 6.45) is 0.927. The third kappa shape index (κ3) is 4.05. The molecule has 1 aliphatic heterocycles. The summed E-state index contributed by atoms with van der Waals surface area (Å²) in [5, 5.41) is 11.8. The van der Waals surface area contributed by atoms with Gasteiger partial charge in [-0.2, -0.15) is 0 Å². The number of carboxylic acid groups (broad SMARTS) is 1. The number of aliphatic carboxylic acids is 1. The smallest absolute Gasteiger partial charge is 0.305 e. The number of ether oxygens (including phenoxy) is 1. The second kappa shape index (κ2) is 6.85. The van der Waals surface area contributed by atoms with Crippen LogP contribution in [0.15, 0.2) is 28.7 Å². The van der Waals surface area contributed by atoms with Crippen molar-refractivity contribution in [1.82, 2.24) is 5.32 Å². The molecule has 0 spiro atoms. The van der Waals surface area contributed by atoms with E-state index in [0.717, 1.165) is 16.5 Å². The average molecular weight is 342 g/mol. The molecule has 1 amide bonds. The lowest BCUT2D eigenvalue weighted by atomic mass is 10.0. The van der Waals surface area contributed by atoms with Gasteiger partial charge in [0.1, 0.15) is 6.10 Å². The number of benzene rings is 1. The fourth-order valence-corrected chi connectivity index (χ4v) is 2.62. The van der Waals surface area contributed by atoms with Crippen LogP contribution >= 0.6 is 15.9 Å². The van der Waals surface area contributed by atoms with Crippen LogP contribution in [-0.4, -0.2) is 29.7 Å². The van der Waals surface area contributed by atoms with Crippen molar-refractivity contribution in [2.45, 2.75) is 31.4 Å². The maximum Gasteiger partial charge on any atom is 0.305 e. The van der Waals surface area contributed by atoms with Gasteiger partial charge in [-0.05, 0) is 30.5 Å². The van der Waals surface area contributed by atoms with E-state index in [1.165, 1.54) is 0 Å². The Morgan fingerprint density at radius 2 is 2.30 bits per heavy atom. The third-order valence-corrected chi connectivity index (χ3v) is 3.66. The number of halogens is 1. The summed E-state index contributed by atoms with van der Waals surface area (Å²) < 4.78 is 6.16. The Hall–Kier alpha value is -1.40. The zero-order valence-electron chi connectivity index (χ0n) is 10.8. The van der Waals surface area contributed by atoms with Gasteiger partial charge >= 0.3 is 5.97 Å². The van der Waals surface area contributed by atoms with Gasteiger partial charge in [0.05, 0.1) is 12.5 Å². The molecule has 108 valence electrons. The Morgan fingerprint density at radius 1 is 1.50 bits per heavy atom. The monoisotopic (exact) mass is 341 g/mol. The number of carbonyl (C=O) groups excluding carboxylic acids is 1. The summed E-state index contributed by atoms with van der Waals surface area (Å²) in [5.41, 5.74) is 0.758. The molecule has 2 unspecified atom stereocenters. The summed E-state index contributed by atoms with van der Waals surface area (Å²) >= 11 is 3.34. The Balaban J connectivity index is 2.10. The van der Waals surface area contributed by atoms with Crippen LogP contribution in [0.4, 0.5) is 0 Å².